The Hall–Kier alpha value is -0.490. The van der Waals surface area contributed by atoms with Crippen LogP contribution in [0, 0.1) is 6.92 Å². The molecule has 4 heterocycles. The van der Waals surface area contributed by atoms with E-state index < -0.39 is 0 Å². The van der Waals surface area contributed by atoms with Crippen LogP contribution in [-0.2, 0) is 6.42 Å². The molecule has 1 aromatic rings. The van der Waals surface area contributed by atoms with Gasteiger partial charge in [-0.05, 0) is 6.92 Å². The molecular weight excluding hydrogens is 232 g/mol. The quantitative estimate of drug-likeness (QED) is 0.841. The Balaban J connectivity index is 1.64. The van der Waals surface area contributed by atoms with Gasteiger partial charge in [0.2, 0.25) is 0 Å². The molecule has 3 aliphatic rings. The fourth-order valence-electron chi connectivity index (χ4n) is 2.90. The second-order valence-electron chi connectivity index (χ2n) is 5.15. The fourth-order valence-corrected chi connectivity index (χ4v) is 3.74. The Morgan fingerprint density at radius 3 is 2.76 bits per heavy atom. The highest BCUT2D eigenvalue weighted by Gasteiger charge is 2.35. The number of hydrogen-bond donors (Lipinski definition) is 1. The zero-order chi connectivity index (χ0) is 11.8. The summed E-state index contributed by atoms with van der Waals surface area (Å²) in [6, 6.07) is 0.755. The van der Waals surface area contributed by atoms with Gasteiger partial charge in [0, 0.05) is 62.3 Å². The molecule has 17 heavy (non-hydrogen) atoms. The van der Waals surface area contributed by atoms with Crippen molar-refractivity contribution in [3.63, 3.8) is 0 Å². The highest BCUT2D eigenvalue weighted by Crippen LogP contribution is 2.20. The number of fused-ring (bicyclic) bond motifs is 3. The molecule has 5 heteroatoms. The first-order chi connectivity index (χ1) is 8.22. The van der Waals surface area contributed by atoms with Crippen molar-refractivity contribution in [2.75, 3.05) is 32.7 Å². The summed E-state index contributed by atoms with van der Waals surface area (Å²) >= 11 is 1.74. The summed E-state index contributed by atoms with van der Waals surface area (Å²) in [5.74, 6) is 0. The molecule has 0 amide bonds. The van der Waals surface area contributed by atoms with E-state index in [1.165, 1.54) is 31.2 Å². The van der Waals surface area contributed by atoms with E-state index in [-0.39, 0.29) is 6.04 Å². The highest BCUT2D eigenvalue weighted by atomic mass is 32.1. The van der Waals surface area contributed by atoms with Crippen molar-refractivity contribution >= 4 is 11.3 Å². The molecule has 0 aliphatic carbocycles. The number of piperazine rings is 3. The van der Waals surface area contributed by atoms with Crippen LogP contribution < -0.4 is 5.73 Å². The maximum Gasteiger partial charge on any atom is 0.0944 e. The average Bonchev–Trinajstić information content (AvgIpc) is 2.76. The minimum atomic E-state index is 0.226. The van der Waals surface area contributed by atoms with Crippen molar-refractivity contribution in [1.29, 1.82) is 0 Å². The summed E-state index contributed by atoms with van der Waals surface area (Å²) in [4.78, 5) is 9.61. The van der Waals surface area contributed by atoms with E-state index >= 15 is 0 Å². The molecule has 0 aromatic carbocycles. The van der Waals surface area contributed by atoms with Gasteiger partial charge in [-0.25, -0.2) is 4.98 Å². The third-order valence-electron chi connectivity index (χ3n) is 3.89. The molecule has 0 saturated carbocycles. The molecule has 2 unspecified atom stereocenters. The number of thiazole rings is 1. The van der Waals surface area contributed by atoms with Gasteiger partial charge < -0.3 is 5.73 Å². The van der Waals surface area contributed by atoms with E-state index in [1.54, 1.807) is 11.3 Å². The molecule has 4 rings (SSSR count). The van der Waals surface area contributed by atoms with E-state index in [9.17, 15) is 0 Å². The van der Waals surface area contributed by atoms with E-state index in [0.29, 0.717) is 6.04 Å². The molecule has 3 aliphatic heterocycles. The number of nitrogens with zero attached hydrogens (tertiary/aromatic N) is 3. The number of hydrogen-bond acceptors (Lipinski definition) is 5. The summed E-state index contributed by atoms with van der Waals surface area (Å²) in [6.07, 6.45) is 0.924. The van der Waals surface area contributed by atoms with Gasteiger partial charge in [-0.2, -0.15) is 0 Å². The lowest BCUT2D eigenvalue weighted by Gasteiger charge is -2.49. The largest absolute Gasteiger partial charge is 0.326 e. The van der Waals surface area contributed by atoms with Crippen molar-refractivity contribution in [2.24, 2.45) is 5.73 Å². The SMILES string of the molecule is Cc1csc(CC(N)C2CN3CCN2CC3)n1. The maximum absolute atomic E-state index is 6.37. The molecule has 94 valence electrons. The summed E-state index contributed by atoms with van der Waals surface area (Å²) in [5.41, 5.74) is 7.49. The van der Waals surface area contributed by atoms with Crippen LogP contribution in [0.3, 0.4) is 0 Å². The smallest absolute Gasteiger partial charge is 0.0944 e. The Kier molecular flexibility index (Phi) is 3.17. The third-order valence-corrected chi connectivity index (χ3v) is 4.88. The Morgan fingerprint density at radius 1 is 1.47 bits per heavy atom. The predicted molar refractivity (Wildman–Crippen MR) is 70.3 cm³/mol. The van der Waals surface area contributed by atoms with Gasteiger partial charge in [-0.1, -0.05) is 0 Å². The first-order valence-corrected chi connectivity index (χ1v) is 7.23. The highest BCUT2D eigenvalue weighted by molar-refractivity contribution is 7.09. The number of aryl methyl sites for hydroxylation is 1. The zero-order valence-electron chi connectivity index (χ0n) is 10.3. The van der Waals surface area contributed by atoms with Crippen LogP contribution in [0.1, 0.15) is 10.7 Å². The monoisotopic (exact) mass is 252 g/mol. The molecule has 2 atom stereocenters. The van der Waals surface area contributed by atoms with Crippen LogP contribution in [-0.4, -0.2) is 59.6 Å². The van der Waals surface area contributed by atoms with E-state index in [4.69, 9.17) is 5.73 Å². The van der Waals surface area contributed by atoms with Crippen LogP contribution in [0.15, 0.2) is 5.38 Å². The molecule has 2 N–H and O–H groups in total. The van der Waals surface area contributed by atoms with E-state index in [0.717, 1.165) is 18.7 Å². The predicted octanol–water partition coefficient (Wildman–Crippen LogP) is 0.321. The van der Waals surface area contributed by atoms with Crippen molar-refractivity contribution in [3.8, 4) is 0 Å². The van der Waals surface area contributed by atoms with Crippen molar-refractivity contribution < 1.29 is 0 Å². The average molecular weight is 252 g/mol. The van der Waals surface area contributed by atoms with Gasteiger partial charge in [0.15, 0.2) is 0 Å². The molecule has 0 spiro atoms. The van der Waals surface area contributed by atoms with Gasteiger partial charge in [-0.15, -0.1) is 11.3 Å². The molecular formula is C12H20N4S. The number of rotatable bonds is 3. The molecule has 3 fully saturated rings. The first kappa shape index (κ1) is 11.6. The molecule has 2 bridgehead atoms. The van der Waals surface area contributed by atoms with Crippen LogP contribution in [0.25, 0.3) is 0 Å². The number of nitrogens with two attached hydrogens (primary N) is 1. The second kappa shape index (κ2) is 4.65. The van der Waals surface area contributed by atoms with Crippen LogP contribution in [0.5, 0.6) is 0 Å². The summed E-state index contributed by atoms with van der Waals surface area (Å²) < 4.78 is 0. The molecule has 1 aromatic heterocycles. The molecule has 0 radical (unpaired) electrons. The minimum absolute atomic E-state index is 0.226. The Morgan fingerprint density at radius 2 is 2.24 bits per heavy atom. The third kappa shape index (κ3) is 2.38. The van der Waals surface area contributed by atoms with E-state index in [1.807, 2.05) is 6.92 Å². The maximum atomic E-state index is 6.37. The fraction of sp³-hybridized carbons (Fsp3) is 0.750. The van der Waals surface area contributed by atoms with Gasteiger partial charge >= 0.3 is 0 Å². The van der Waals surface area contributed by atoms with Crippen LogP contribution in [0.4, 0.5) is 0 Å². The van der Waals surface area contributed by atoms with Gasteiger partial charge in [0.25, 0.3) is 0 Å². The van der Waals surface area contributed by atoms with Crippen molar-refractivity contribution in [3.05, 3.63) is 16.1 Å². The lowest BCUT2D eigenvalue weighted by atomic mass is 9.99. The normalized spacial score (nSPS) is 33.9. The minimum Gasteiger partial charge on any atom is -0.326 e. The summed E-state index contributed by atoms with van der Waals surface area (Å²) in [7, 11) is 0. The van der Waals surface area contributed by atoms with Gasteiger partial charge in [-0.3, -0.25) is 9.80 Å². The van der Waals surface area contributed by atoms with Crippen molar-refractivity contribution in [2.45, 2.75) is 25.4 Å². The summed E-state index contributed by atoms with van der Waals surface area (Å²) in [6.45, 7) is 8.01. The second-order valence-corrected chi connectivity index (χ2v) is 6.10. The summed E-state index contributed by atoms with van der Waals surface area (Å²) in [5, 5.41) is 3.30. The lowest BCUT2D eigenvalue weighted by molar-refractivity contribution is 0.00258. The Labute approximate surface area is 106 Å². The van der Waals surface area contributed by atoms with Crippen molar-refractivity contribution in [1.82, 2.24) is 14.8 Å². The van der Waals surface area contributed by atoms with Crippen LogP contribution in [0.2, 0.25) is 0 Å². The van der Waals surface area contributed by atoms with E-state index in [2.05, 4.69) is 20.2 Å². The van der Waals surface area contributed by atoms with Crippen LogP contribution >= 0.6 is 11.3 Å². The Bertz CT molecular complexity index is 384. The van der Waals surface area contributed by atoms with Gasteiger partial charge in [0.05, 0.1) is 5.01 Å². The first-order valence-electron chi connectivity index (χ1n) is 6.35. The standard InChI is InChI=1S/C12H20N4S/c1-9-8-17-12(14-9)6-10(13)11-7-15-2-4-16(11)5-3-15/h8,10-11H,2-7,13H2,1H3. The lowest BCUT2D eigenvalue weighted by Crippen LogP contribution is -2.66. The zero-order valence-corrected chi connectivity index (χ0v) is 11.1. The topological polar surface area (TPSA) is 45.4 Å². The number of aromatic nitrogens is 1. The molecule has 3 saturated heterocycles. The molecule has 4 nitrogen and oxygen atoms in total. The van der Waals surface area contributed by atoms with Gasteiger partial charge in [0.1, 0.15) is 0 Å².